The Morgan fingerprint density at radius 1 is 1.04 bits per heavy atom. The third kappa shape index (κ3) is 2.92. The van der Waals surface area contributed by atoms with Gasteiger partial charge in [0.15, 0.2) is 0 Å². The van der Waals surface area contributed by atoms with Crippen molar-refractivity contribution in [2.45, 2.75) is 19.1 Å². The summed E-state index contributed by atoms with van der Waals surface area (Å²) in [6, 6.07) is 11.9. The van der Waals surface area contributed by atoms with Crippen LogP contribution in [-0.2, 0) is 22.6 Å². The van der Waals surface area contributed by atoms with Gasteiger partial charge in [-0.25, -0.2) is 0 Å². The summed E-state index contributed by atoms with van der Waals surface area (Å²) >= 11 is 0. The SMILES string of the molecule is O=C(C(c1cccnc1)N1CCOCC1)N1Cc2ccccc2C1. The van der Waals surface area contributed by atoms with Gasteiger partial charge in [-0.15, -0.1) is 0 Å². The molecule has 0 saturated carbocycles. The number of carbonyl (C=O) groups is 1. The highest BCUT2D eigenvalue weighted by atomic mass is 16.5. The van der Waals surface area contributed by atoms with E-state index in [9.17, 15) is 4.79 Å². The lowest BCUT2D eigenvalue weighted by molar-refractivity contribution is -0.139. The van der Waals surface area contributed by atoms with Crippen molar-refractivity contribution in [1.29, 1.82) is 0 Å². The Kier molecular flexibility index (Phi) is 4.28. The van der Waals surface area contributed by atoms with Gasteiger partial charge in [-0.3, -0.25) is 14.7 Å². The van der Waals surface area contributed by atoms with E-state index in [1.165, 1.54) is 11.1 Å². The predicted octanol–water partition coefficient (Wildman–Crippen LogP) is 2.00. The molecule has 0 N–H and O–H groups in total. The number of ether oxygens (including phenoxy) is 1. The van der Waals surface area contributed by atoms with E-state index in [1.807, 2.05) is 29.2 Å². The van der Waals surface area contributed by atoms with Crippen molar-refractivity contribution >= 4 is 5.91 Å². The highest BCUT2D eigenvalue weighted by Gasteiger charge is 2.34. The predicted molar refractivity (Wildman–Crippen MR) is 90.1 cm³/mol. The molecule has 2 aliphatic heterocycles. The third-order valence-electron chi connectivity index (χ3n) is 4.80. The molecule has 4 rings (SSSR count). The minimum atomic E-state index is -0.281. The molecular formula is C19H21N3O2. The second-order valence-electron chi connectivity index (χ2n) is 6.30. The minimum absolute atomic E-state index is 0.154. The first-order valence-corrected chi connectivity index (χ1v) is 8.40. The summed E-state index contributed by atoms with van der Waals surface area (Å²) in [5.41, 5.74) is 3.45. The van der Waals surface area contributed by atoms with Gasteiger partial charge in [-0.05, 0) is 22.8 Å². The number of fused-ring (bicyclic) bond motifs is 1. The van der Waals surface area contributed by atoms with Crippen molar-refractivity contribution < 1.29 is 9.53 Å². The summed E-state index contributed by atoms with van der Waals surface area (Å²) in [5, 5.41) is 0. The number of benzene rings is 1. The molecule has 5 heteroatoms. The zero-order valence-corrected chi connectivity index (χ0v) is 13.6. The van der Waals surface area contributed by atoms with Crippen molar-refractivity contribution in [3.63, 3.8) is 0 Å². The van der Waals surface area contributed by atoms with E-state index < -0.39 is 0 Å². The van der Waals surface area contributed by atoms with E-state index in [-0.39, 0.29) is 11.9 Å². The van der Waals surface area contributed by atoms with E-state index >= 15 is 0 Å². The number of rotatable bonds is 3. The number of hydrogen-bond acceptors (Lipinski definition) is 4. The number of carbonyl (C=O) groups excluding carboxylic acids is 1. The smallest absolute Gasteiger partial charge is 0.245 e. The van der Waals surface area contributed by atoms with Crippen LogP contribution in [0.25, 0.3) is 0 Å². The fraction of sp³-hybridized carbons (Fsp3) is 0.368. The van der Waals surface area contributed by atoms with E-state index in [4.69, 9.17) is 4.74 Å². The molecular weight excluding hydrogens is 302 g/mol. The molecule has 24 heavy (non-hydrogen) atoms. The molecule has 1 aromatic heterocycles. The van der Waals surface area contributed by atoms with Crippen LogP contribution in [0.4, 0.5) is 0 Å². The summed E-state index contributed by atoms with van der Waals surface area (Å²) < 4.78 is 5.46. The number of nitrogens with zero attached hydrogens (tertiary/aromatic N) is 3. The zero-order valence-electron chi connectivity index (χ0n) is 13.6. The van der Waals surface area contributed by atoms with Crippen molar-refractivity contribution in [1.82, 2.24) is 14.8 Å². The maximum absolute atomic E-state index is 13.3. The third-order valence-corrected chi connectivity index (χ3v) is 4.80. The number of pyridine rings is 1. The van der Waals surface area contributed by atoms with Crippen LogP contribution in [0.5, 0.6) is 0 Å². The van der Waals surface area contributed by atoms with Gasteiger partial charge in [-0.1, -0.05) is 30.3 Å². The summed E-state index contributed by atoms with van der Waals surface area (Å²) in [4.78, 5) is 21.7. The second-order valence-corrected chi connectivity index (χ2v) is 6.30. The number of aromatic nitrogens is 1. The molecule has 1 fully saturated rings. The minimum Gasteiger partial charge on any atom is -0.379 e. The molecule has 1 atom stereocenters. The van der Waals surface area contributed by atoms with Crippen LogP contribution >= 0.6 is 0 Å². The lowest BCUT2D eigenvalue weighted by Crippen LogP contribution is -2.46. The zero-order chi connectivity index (χ0) is 16.4. The van der Waals surface area contributed by atoms with Crippen LogP contribution in [-0.4, -0.2) is 47.0 Å². The van der Waals surface area contributed by atoms with Gasteiger partial charge in [0.1, 0.15) is 6.04 Å². The second kappa shape index (κ2) is 6.71. The summed E-state index contributed by atoms with van der Waals surface area (Å²) in [7, 11) is 0. The Labute approximate surface area is 141 Å². The van der Waals surface area contributed by atoms with Crippen LogP contribution in [0.2, 0.25) is 0 Å². The maximum atomic E-state index is 13.3. The Balaban J connectivity index is 1.60. The molecule has 0 aliphatic carbocycles. The fourth-order valence-corrected chi connectivity index (χ4v) is 3.54. The molecule has 1 aromatic carbocycles. The highest BCUT2D eigenvalue weighted by molar-refractivity contribution is 5.83. The Morgan fingerprint density at radius 3 is 2.38 bits per heavy atom. The van der Waals surface area contributed by atoms with Gasteiger partial charge < -0.3 is 9.64 Å². The topological polar surface area (TPSA) is 45.7 Å². The van der Waals surface area contributed by atoms with Gasteiger partial charge in [0.25, 0.3) is 0 Å². The van der Waals surface area contributed by atoms with Gasteiger partial charge >= 0.3 is 0 Å². The average Bonchev–Trinajstić information content (AvgIpc) is 3.08. The molecule has 5 nitrogen and oxygen atoms in total. The number of hydrogen-bond donors (Lipinski definition) is 0. The first-order chi connectivity index (χ1) is 11.8. The Morgan fingerprint density at radius 2 is 1.75 bits per heavy atom. The summed E-state index contributed by atoms with van der Waals surface area (Å²) in [5.74, 6) is 0.154. The molecule has 124 valence electrons. The van der Waals surface area contributed by atoms with Gasteiger partial charge in [0, 0.05) is 38.6 Å². The molecule has 1 saturated heterocycles. The van der Waals surface area contributed by atoms with E-state index in [0.717, 1.165) is 18.7 Å². The standard InChI is InChI=1S/C19H21N3O2/c23-19(22-13-16-4-1-2-5-17(16)14-22)18(15-6-3-7-20-12-15)21-8-10-24-11-9-21/h1-7,12,18H,8-11,13-14H2. The van der Waals surface area contributed by atoms with Crippen LogP contribution in [0.15, 0.2) is 48.8 Å². The largest absolute Gasteiger partial charge is 0.379 e. The molecule has 1 amide bonds. The molecule has 2 aliphatic rings. The number of amides is 1. The lowest BCUT2D eigenvalue weighted by Gasteiger charge is -2.35. The van der Waals surface area contributed by atoms with Crippen LogP contribution in [0.3, 0.4) is 0 Å². The van der Waals surface area contributed by atoms with Crippen molar-refractivity contribution in [2.24, 2.45) is 0 Å². The van der Waals surface area contributed by atoms with E-state index in [2.05, 4.69) is 22.0 Å². The molecule has 0 bridgehead atoms. The normalized spacial score (nSPS) is 19.1. The molecule has 2 aromatic rings. The number of morpholine rings is 1. The first-order valence-electron chi connectivity index (χ1n) is 8.40. The highest BCUT2D eigenvalue weighted by Crippen LogP contribution is 2.29. The fourth-order valence-electron chi connectivity index (χ4n) is 3.54. The van der Waals surface area contributed by atoms with Crippen LogP contribution in [0.1, 0.15) is 22.7 Å². The Bertz CT molecular complexity index is 689. The summed E-state index contributed by atoms with van der Waals surface area (Å²) in [6.07, 6.45) is 3.55. The van der Waals surface area contributed by atoms with Gasteiger partial charge in [-0.2, -0.15) is 0 Å². The van der Waals surface area contributed by atoms with Crippen molar-refractivity contribution in [3.8, 4) is 0 Å². The van der Waals surface area contributed by atoms with Crippen LogP contribution < -0.4 is 0 Å². The monoisotopic (exact) mass is 323 g/mol. The quantitative estimate of drug-likeness (QED) is 0.867. The van der Waals surface area contributed by atoms with Crippen LogP contribution in [0, 0.1) is 0 Å². The molecule has 3 heterocycles. The molecule has 1 unspecified atom stereocenters. The average molecular weight is 323 g/mol. The molecule has 0 spiro atoms. The lowest BCUT2D eigenvalue weighted by atomic mass is 10.1. The first kappa shape index (κ1) is 15.3. The summed E-state index contributed by atoms with van der Waals surface area (Å²) in [6.45, 7) is 4.26. The van der Waals surface area contributed by atoms with E-state index in [0.29, 0.717) is 26.3 Å². The maximum Gasteiger partial charge on any atom is 0.245 e. The van der Waals surface area contributed by atoms with E-state index in [1.54, 1.807) is 12.4 Å². The Hall–Kier alpha value is -2.24. The molecule has 0 radical (unpaired) electrons. The van der Waals surface area contributed by atoms with Crippen molar-refractivity contribution in [2.75, 3.05) is 26.3 Å². The van der Waals surface area contributed by atoms with Gasteiger partial charge in [0.05, 0.1) is 13.2 Å². The van der Waals surface area contributed by atoms with Crippen molar-refractivity contribution in [3.05, 3.63) is 65.5 Å². The van der Waals surface area contributed by atoms with Gasteiger partial charge in [0.2, 0.25) is 5.91 Å².